The number of hydrogen-bond acceptors (Lipinski definition) is 10. The second-order valence-corrected chi connectivity index (χ2v) is 13.7. The number of nitrogens with zero attached hydrogens (tertiary/aromatic N) is 2. The van der Waals surface area contributed by atoms with Crippen LogP contribution in [0.3, 0.4) is 0 Å². The molecule has 44 heavy (non-hydrogen) atoms. The molecule has 252 valence electrons. The largest absolute Gasteiger partial charge is 0.397 e. The lowest BCUT2D eigenvalue weighted by molar-refractivity contribution is -0.147. The average molecular weight is 669 g/mol. The molecule has 0 bridgehead atoms. The van der Waals surface area contributed by atoms with Crippen molar-refractivity contribution in [3.63, 3.8) is 0 Å². The van der Waals surface area contributed by atoms with Gasteiger partial charge in [-0.15, -0.1) is 11.6 Å². The lowest BCUT2D eigenvalue weighted by Gasteiger charge is -2.40. The second kappa shape index (κ2) is 15.3. The molecule has 16 nitrogen and oxygen atoms in total. The molecule has 3 aliphatic rings. The third-order valence-corrected chi connectivity index (χ3v) is 9.92. The van der Waals surface area contributed by atoms with Gasteiger partial charge in [-0.25, -0.2) is 4.18 Å². The molecule has 0 radical (unpaired) electrons. The van der Waals surface area contributed by atoms with E-state index in [9.17, 15) is 33.0 Å². The fraction of sp³-hybridized carbons (Fsp3) is 0.846. The van der Waals surface area contributed by atoms with E-state index in [1.807, 2.05) is 0 Å². The van der Waals surface area contributed by atoms with Crippen LogP contribution in [0.25, 0.3) is 0 Å². The van der Waals surface area contributed by atoms with Crippen molar-refractivity contribution in [3.05, 3.63) is 0 Å². The number of aliphatic hydroxyl groups is 2. The molecule has 0 aromatic carbocycles. The summed E-state index contributed by atoms with van der Waals surface area (Å²) in [6.07, 6.45) is -1.79. The van der Waals surface area contributed by atoms with Crippen molar-refractivity contribution in [3.8, 4) is 0 Å². The van der Waals surface area contributed by atoms with Gasteiger partial charge < -0.3 is 41.1 Å². The van der Waals surface area contributed by atoms with Gasteiger partial charge in [0.2, 0.25) is 11.8 Å². The zero-order valence-electron chi connectivity index (χ0n) is 25.1. The van der Waals surface area contributed by atoms with E-state index in [-0.39, 0.29) is 43.0 Å². The number of aliphatic hydroxyl groups excluding tert-OH is 2. The van der Waals surface area contributed by atoms with Crippen LogP contribution >= 0.6 is 11.6 Å². The predicted octanol–water partition coefficient (Wildman–Crippen LogP) is -1.61. The van der Waals surface area contributed by atoms with Crippen LogP contribution in [0.1, 0.15) is 46.0 Å². The first kappa shape index (κ1) is 36.2. The first-order valence-corrected chi connectivity index (χ1v) is 16.5. The highest BCUT2D eigenvalue weighted by Crippen LogP contribution is 2.41. The van der Waals surface area contributed by atoms with Crippen LogP contribution in [0, 0.1) is 23.2 Å². The fourth-order valence-electron chi connectivity index (χ4n) is 6.27. The number of carbonyl (C=O) groups excluding carboxylic acids is 3. The number of carbonyl (C=O) groups is 3. The zero-order valence-corrected chi connectivity index (χ0v) is 26.7. The van der Waals surface area contributed by atoms with Crippen molar-refractivity contribution < 1.29 is 46.5 Å². The van der Waals surface area contributed by atoms with E-state index in [0.717, 1.165) is 13.5 Å². The van der Waals surface area contributed by atoms with Crippen molar-refractivity contribution in [2.24, 2.45) is 23.5 Å². The number of ether oxygens (including phenoxy) is 1. The van der Waals surface area contributed by atoms with Gasteiger partial charge in [-0.2, -0.15) is 8.42 Å². The SMILES string of the molecule is CO[C@H](COS(=O)(=O)O)C(=O)N[C@@H](C(=O)N1[C@H](C(=O)NCCC2CCN(C(=N)N)C2)C[C@@H]2C[C@H](O)[C@@H](O)C[C@@H]21)[C@H](Cl)C(C)C. The molecule has 3 amide bonds. The molecule has 18 heteroatoms. The Kier molecular flexibility index (Phi) is 12.6. The maximum Gasteiger partial charge on any atom is 0.397 e. The van der Waals surface area contributed by atoms with Crippen LogP contribution in [0.4, 0.5) is 0 Å². The van der Waals surface area contributed by atoms with Crippen LogP contribution in [0.15, 0.2) is 0 Å². The van der Waals surface area contributed by atoms with Gasteiger partial charge in [-0.05, 0) is 49.9 Å². The van der Waals surface area contributed by atoms with Crippen molar-refractivity contribution >= 4 is 45.7 Å². The van der Waals surface area contributed by atoms with E-state index >= 15 is 0 Å². The lowest BCUT2D eigenvalue weighted by Crippen LogP contribution is -2.61. The smallest absolute Gasteiger partial charge is 0.390 e. The van der Waals surface area contributed by atoms with E-state index in [4.69, 9.17) is 32.0 Å². The topological polar surface area (TPSA) is 245 Å². The summed E-state index contributed by atoms with van der Waals surface area (Å²) in [6, 6.07) is -2.97. The van der Waals surface area contributed by atoms with Crippen LogP contribution in [0.2, 0.25) is 0 Å². The molecule has 2 aliphatic heterocycles. The Hall–Kier alpha value is -2.28. The quantitative estimate of drug-likeness (QED) is 0.0507. The summed E-state index contributed by atoms with van der Waals surface area (Å²) < 4.78 is 40.2. The normalized spacial score (nSPS) is 29.2. The van der Waals surface area contributed by atoms with E-state index in [1.165, 1.54) is 4.90 Å². The van der Waals surface area contributed by atoms with Crippen LogP contribution in [-0.2, 0) is 33.7 Å². The van der Waals surface area contributed by atoms with E-state index in [0.29, 0.717) is 26.1 Å². The number of guanidine groups is 1. The first-order valence-electron chi connectivity index (χ1n) is 14.7. The molecule has 2 heterocycles. The van der Waals surface area contributed by atoms with Gasteiger partial charge in [0, 0.05) is 32.8 Å². The van der Waals surface area contributed by atoms with Crippen LogP contribution in [-0.4, -0.2) is 132 Å². The molecule has 2 saturated heterocycles. The Morgan fingerprint density at radius 3 is 2.39 bits per heavy atom. The highest BCUT2D eigenvalue weighted by atomic mass is 35.5. The Morgan fingerprint density at radius 1 is 1.16 bits per heavy atom. The Labute approximate surface area is 262 Å². The van der Waals surface area contributed by atoms with Gasteiger partial charge in [0.05, 0.1) is 17.6 Å². The highest BCUT2D eigenvalue weighted by Gasteiger charge is 2.53. The maximum absolute atomic E-state index is 14.3. The number of amides is 3. The Bertz CT molecular complexity index is 1160. The lowest BCUT2D eigenvalue weighted by atomic mass is 9.81. The summed E-state index contributed by atoms with van der Waals surface area (Å²) in [4.78, 5) is 44.0. The van der Waals surface area contributed by atoms with Gasteiger partial charge >= 0.3 is 10.4 Å². The minimum atomic E-state index is -4.88. The monoisotopic (exact) mass is 668 g/mol. The number of rotatable bonds is 13. The summed E-state index contributed by atoms with van der Waals surface area (Å²) in [5.74, 6) is -2.44. The summed E-state index contributed by atoms with van der Waals surface area (Å²) in [5.41, 5.74) is 5.57. The van der Waals surface area contributed by atoms with Crippen molar-refractivity contribution in [1.29, 1.82) is 5.41 Å². The minimum absolute atomic E-state index is 0.00652. The number of halogens is 1. The predicted molar refractivity (Wildman–Crippen MR) is 158 cm³/mol. The Morgan fingerprint density at radius 2 is 1.82 bits per heavy atom. The minimum Gasteiger partial charge on any atom is -0.390 e. The number of nitrogens with two attached hydrogens (primary N) is 1. The van der Waals surface area contributed by atoms with E-state index in [2.05, 4.69) is 14.8 Å². The van der Waals surface area contributed by atoms with Crippen molar-refractivity contribution in [1.82, 2.24) is 20.4 Å². The van der Waals surface area contributed by atoms with Crippen LogP contribution < -0.4 is 16.4 Å². The second-order valence-electron chi connectivity index (χ2n) is 12.1. The Balaban J connectivity index is 1.80. The molecule has 3 rings (SSSR count). The molecular weight excluding hydrogens is 624 g/mol. The third kappa shape index (κ3) is 9.14. The van der Waals surface area contributed by atoms with Gasteiger partial charge in [0.1, 0.15) is 18.7 Å². The summed E-state index contributed by atoms with van der Waals surface area (Å²) in [7, 11) is -3.77. The number of likely N-dealkylation sites (tertiary alicyclic amines) is 2. The molecule has 0 spiro atoms. The number of nitrogens with one attached hydrogen (secondary N) is 3. The molecular formula is C26H45ClN6O10S. The molecule has 3 fully saturated rings. The number of hydrogen-bond donors (Lipinski definition) is 7. The molecule has 0 aromatic rings. The van der Waals surface area contributed by atoms with Crippen LogP contribution in [0.5, 0.6) is 0 Å². The van der Waals surface area contributed by atoms with E-state index < -0.39 is 76.5 Å². The molecule has 8 N–H and O–H groups in total. The van der Waals surface area contributed by atoms with Gasteiger partial charge in [0.15, 0.2) is 12.1 Å². The first-order chi connectivity index (χ1) is 20.5. The summed E-state index contributed by atoms with van der Waals surface area (Å²) in [5, 5.41) is 32.9. The van der Waals surface area contributed by atoms with Gasteiger partial charge in [0.25, 0.3) is 5.91 Å². The molecule has 1 unspecified atom stereocenters. The molecule has 0 aromatic heterocycles. The molecule has 9 atom stereocenters. The number of methoxy groups -OCH3 is 1. The maximum atomic E-state index is 14.3. The third-order valence-electron chi connectivity index (χ3n) is 8.73. The van der Waals surface area contributed by atoms with Gasteiger partial charge in [-0.3, -0.25) is 24.3 Å². The summed E-state index contributed by atoms with van der Waals surface area (Å²) in [6.45, 7) is 4.19. The van der Waals surface area contributed by atoms with Crippen molar-refractivity contribution in [2.45, 2.75) is 87.8 Å². The fourth-order valence-corrected chi connectivity index (χ4v) is 6.74. The number of fused-ring (bicyclic) bond motifs is 1. The van der Waals surface area contributed by atoms with Gasteiger partial charge in [-0.1, -0.05) is 13.8 Å². The summed E-state index contributed by atoms with van der Waals surface area (Å²) >= 11 is 6.65. The molecule has 1 aliphatic carbocycles. The van der Waals surface area contributed by atoms with Crippen molar-refractivity contribution in [2.75, 3.05) is 33.4 Å². The molecule has 1 saturated carbocycles. The highest BCUT2D eigenvalue weighted by molar-refractivity contribution is 7.80. The number of alkyl halides is 1. The van der Waals surface area contributed by atoms with E-state index in [1.54, 1.807) is 18.7 Å². The average Bonchev–Trinajstić information content (AvgIpc) is 3.56. The zero-order chi connectivity index (χ0) is 32.9. The standard InChI is InChI=1S/C26H45ClN6O10S/c1-13(2)21(27)22(31-24(37)20(42-3)12-43-44(39,40)41)25(38)33-16-10-19(35)18(34)9-15(16)8-17(33)23(36)30-6-4-14-5-7-32(11-14)26(28)29/h13-22,34-35H,4-12H2,1-3H3,(H3,28,29)(H,30,36)(H,31,37)(H,39,40,41)/t14?,15-,16+,17+,18+,19+,20-,21-,22-/m1/s1.